The monoisotopic (exact) mass is 479 g/mol. The van der Waals surface area contributed by atoms with Gasteiger partial charge in [-0.25, -0.2) is 8.42 Å². The van der Waals surface area contributed by atoms with E-state index in [2.05, 4.69) is 10.3 Å². The van der Waals surface area contributed by atoms with Gasteiger partial charge in [0.05, 0.1) is 36.5 Å². The highest BCUT2D eigenvalue weighted by Gasteiger charge is 2.31. The van der Waals surface area contributed by atoms with Crippen LogP contribution in [0.5, 0.6) is 0 Å². The summed E-state index contributed by atoms with van der Waals surface area (Å²) >= 11 is 0. The van der Waals surface area contributed by atoms with Crippen molar-refractivity contribution in [2.24, 2.45) is 5.92 Å². The normalized spacial score (nSPS) is 21.8. The van der Waals surface area contributed by atoms with Crippen molar-refractivity contribution in [2.75, 3.05) is 26.7 Å². The van der Waals surface area contributed by atoms with Crippen LogP contribution in [0.15, 0.2) is 41.4 Å². The largest absolute Gasteiger partial charge is 0.394 e. The number of ether oxygens (including phenoxy) is 1. The number of aryl methyl sites for hydroxylation is 1. The number of hydrogen-bond acceptors (Lipinski definition) is 7. The molecule has 1 aliphatic heterocycles. The molecule has 1 amide bonds. The van der Waals surface area contributed by atoms with Crippen molar-refractivity contribution in [3.05, 3.63) is 42.2 Å². The molecule has 1 N–H and O–H groups in total. The summed E-state index contributed by atoms with van der Waals surface area (Å²) in [6.45, 7) is 4.74. The first-order valence-electron chi connectivity index (χ1n) is 11.1. The highest BCUT2D eigenvalue weighted by molar-refractivity contribution is 7.89. The van der Waals surface area contributed by atoms with E-state index in [1.165, 1.54) is 11.4 Å². The number of amides is 1. The number of carbonyl (C=O) groups is 1. The SMILES string of the molecule is C[C@H]1CN([C@@H](C)CO)C(=O)CCCn2cc(nn2)CO[C@H]1CN(C)S(=O)(=O)c1ccccc1. The van der Waals surface area contributed by atoms with Gasteiger partial charge in [-0.3, -0.25) is 9.48 Å². The minimum absolute atomic E-state index is 0.0630. The van der Waals surface area contributed by atoms with E-state index in [-0.39, 0.29) is 42.5 Å². The maximum atomic E-state index is 13.1. The number of aliphatic hydroxyl groups is 1. The third-order valence-corrected chi connectivity index (χ3v) is 7.77. The molecule has 33 heavy (non-hydrogen) atoms. The number of rotatable bonds is 6. The molecule has 182 valence electrons. The summed E-state index contributed by atoms with van der Waals surface area (Å²) in [7, 11) is -2.18. The first-order valence-corrected chi connectivity index (χ1v) is 12.6. The summed E-state index contributed by atoms with van der Waals surface area (Å²) in [5, 5.41) is 17.9. The number of fused-ring (bicyclic) bond motifs is 2. The fourth-order valence-electron chi connectivity index (χ4n) is 3.82. The first-order chi connectivity index (χ1) is 15.7. The van der Waals surface area contributed by atoms with Crippen molar-refractivity contribution in [1.29, 1.82) is 0 Å². The van der Waals surface area contributed by atoms with Gasteiger partial charge in [0, 0.05) is 39.0 Å². The van der Waals surface area contributed by atoms with Gasteiger partial charge in [0.15, 0.2) is 0 Å². The Hall–Kier alpha value is -2.34. The molecule has 0 saturated heterocycles. The summed E-state index contributed by atoms with van der Waals surface area (Å²) in [6, 6.07) is 7.89. The lowest BCUT2D eigenvalue weighted by Crippen LogP contribution is -2.47. The van der Waals surface area contributed by atoms with Crippen LogP contribution in [0.1, 0.15) is 32.4 Å². The molecule has 3 atom stereocenters. The topological polar surface area (TPSA) is 118 Å². The van der Waals surface area contributed by atoms with Gasteiger partial charge < -0.3 is 14.7 Å². The van der Waals surface area contributed by atoms with Gasteiger partial charge in [-0.05, 0) is 25.5 Å². The zero-order valence-corrected chi connectivity index (χ0v) is 20.2. The molecule has 0 spiro atoms. The lowest BCUT2D eigenvalue weighted by Gasteiger charge is -2.35. The first kappa shape index (κ1) is 25.3. The van der Waals surface area contributed by atoms with Crippen LogP contribution in [-0.2, 0) is 32.7 Å². The number of benzene rings is 1. The van der Waals surface area contributed by atoms with Crippen LogP contribution in [0, 0.1) is 5.92 Å². The maximum absolute atomic E-state index is 13.1. The zero-order chi connectivity index (χ0) is 24.0. The molecule has 2 heterocycles. The molecule has 0 radical (unpaired) electrons. The Bertz CT molecular complexity index is 1010. The lowest BCUT2D eigenvalue weighted by atomic mass is 10.0. The van der Waals surface area contributed by atoms with Crippen LogP contribution in [0.3, 0.4) is 0 Å². The average Bonchev–Trinajstić information content (AvgIpc) is 3.27. The third kappa shape index (κ3) is 6.38. The van der Waals surface area contributed by atoms with Crippen molar-refractivity contribution >= 4 is 15.9 Å². The Kier molecular flexibility index (Phi) is 8.57. The second kappa shape index (κ2) is 11.2. The third-order valence-electron chi connectivity index (χ3n) is 5.93. The van der Waals surface area contributed by atoms with E-state index in [1.54, 1.807) is 53.0 Å². The minimum atomic E-state index is -3.71. The summed E-state index contributed by atoms with van der Waals surface area (Å²) in [4.78, 5) is 14.8. The van der Waals surface area contributed by atoms with Gasteiger partial charge in [-0.1, -0.05) is 30.3 Å². The van der Waals surface area contributed by atoms with Crippen molar-refractivity contribution < 1.29 is 23.1 Å². The van der Waals surface area contributed by atoms with Gasteiger partial charge in [0.2, 0.25) is 15.9 Å². The van der Waals surface area contributed by atoms with Crippen LogP contribution < -0.4 is 0 Å². The Morgan fingerprint density at radius 2 is 2.03 bits per heavy atom. The molecule has 0 unspecified atom stereocenters. The quantitative estimate of drug-likeness (QED) is 0.660. The highest BCUT2D eigenvalue weighted by atomic mass is 32.2. The van der Waals surface area contributed by atoms with Crippen molar-refractivity contribution in [2.45, 2.75) is 56.9 Å². The molecule has 1 aromatic carbocycles. The van der Waals surface area contributed by atoms with Crippen LogP contribution in [0.2, 0.25) is 0 Å². The number of nitrogens with zero attached hydrogens (tertiary/aromatic N) is 5. The molecule has 1 aliphatic rings. The molecular weight excluding hydrogens is 446 g/mol. The molecule has 10 nitrogen and oxygen atoms in total. The molecule has 2 aromatic rings. The zero-order valence-electron chi connectivity index (χ0n) is 19.4. The molecule has 0 saturated carbocycles. The fraction of sp³-hybridized carbons (Fsp3) is 0.591. The Labute approximate surface area is 195 Å². The van der Waals surface area contributed by atoms with Crippen LogP contribution in [0.25, 0.3) is 0 Å². The second-order valence-electron chi connectivity index (χ2n) is 8.58. The van der Waals surface area contributed by atoms with E-state index >= 15 is 0 Å². The molecule has 1 aromatic heterocycles. The molecular formula is C22H33N5O5S. The summed E-state index contributed by atoms with van der Waals surface area (Å²) in [5.74, 6) is -0.265. The number of hydrogen-bond donors (Lipinski definition) is 1. The molecule has 0 fully saturated rings. The summed E-state index contributed by atoms with van der Waals surface area (Å²) in [6.07, 6.45) is 2.19. The van der Waals surface area contributed by atoms with Crippen LogP contribution in [0.4, 0.5) is 0 Å². The molecule has 3 rings (SSSR count). The number of likely N-dealkylation sites (N-methyl/N-ethyl adjacent to an activating group) is 1. The Balaban J connectivity index is 1.85. The Morgan fingerprint density at radius 1 is 1.30 bits per heavy atom. The van der Waals surface area contributed by atoms with Crippen LogP contribution in [-0.4, -0.2) is 82.5 Å². The van der Waals surface area contributed by atoms with E-state index in [9.17, 15) is 18.3 Å². The summed E-state index contributed by atoms with van der Waals surface area (Å²) < 4.78 is 35.2. The van der Waals surface area contributed by atoms with Crippen molar-refractivity contribution in [3.8, 4) is 0 Å². The molecule has 11 heteroatoms. The number of aromatic nitrogens is 3. The van der Waals surface area contributed by atoms with E-state index in [0.29, 0.717) is 31.6 Å². The minimum Gasteiger partial charge on any atom is -0.394 e. The van der Waals surface area contributed by atoms with Gasteiger partial charge in [0.1, 0.15) is 5.69 Å². The number of aliphatic hydroxyl groups excluding tert-OH is 1. The van der Waals surface area contributed by atoms with Gasteiger partial charge in [0.25, 0.3) is 0 Å². The molecule has 2 bridgehead atoms. The van der Waals surface area contributed by atoms with Gasteiger partial charge in [-0.2, -0.15) is 4.31 Å². The van der Waals surface area contributed by atoms with Gasteiger partial charge in [-0.15, -0.1) is 5.10 Å². The van der Waals surface area contributed by atoms with E-state index in [1.807, 2.05) is 6.92 Å². The predicted octanol–water partition coefficient (Wildman–Crippen LogP) is 1.12. The standard InChI is InChI=1S/C22H33N5O5S/c1-17-12-27(18(2)15-28)22(29)10-7-11-26-13-19(23-24-26)16-32-21(17)14-25(3)33(30,31)20-8-5-4-6-9-20/h4-6,8-9,13,17-18,21,28H,7,10-12,14-16H2,1-3H3/t17-,18-,21-/m0/s1. The summed E-state index contributed by atoms with van der Waals surface area (Å²) in [5.41, 5.74) is 0.645. The fourth-order valence-corrected chi connectivity index (χ4v) is 5.02. The van der Waals surface area contributed by atoms with E-state index < -0.39 is 16.1 Å². The average molecular weight is 480 g/mol. The highest BCUT2D eigenvalue weighted by Crippen LogP contribution is 2.20. The second-order valence-corrected chi connectivity index (χ2v) is 10.6. The van der Waals surface area contributed by atoms with E-state index in [4.69, 9.17) is 4.74 Å². The smallest absolute Gasteiger partial charge is 0.242 e. The maximum Gasteiger partial charge on any atom is 0.242 e. The van der Waals surface area contributed by atoms with E-state index in [0.717, 1.165) is 0 Å². The molecule has 0 aliphatic carbocycles. The lowest BCUT2D eigenvalue weighted by molar-refractivity contribution is -0.136. The predicted molar refractivity (Wildman–Crippen MR) is 122 cm³/mol. The number of carbonyl (C=O) groups excluding carboxylic acids is 1. The van der Waals surface area contributed by atoms with Crippen LogP contribution >= 0.6 is 0 Å². The van der Waals surface area contributed by atoms with Crippen molar-refractivity contribution in [3.63, 3.8) is 0 Å². The van der Waals surface area contributed by atoms with Crippen molar-refractivity contribution in [1.82, 2.24) is 24.2 Å². The number of sulfonamides is 1. The van der Waals surface area contributed by atoms with Gasteiger partial charge >= 0.3 is 0 Å². The Morgan fingerprint density at radius 3 is 2.73 bits per heavy atom.